The first kappa shape index (κ1) is 17.0. The summed E-state index contributed by atoms with van der Waals surface area (Å²) in [6.07, 6.45) is 2.71. The van der Waals surface area contributed by atoms with Crippen LogP contribution in [-0.2, 0) is 11.4 Å². The number of hydrogen-bond acceptors (Lipinski definition) is 3. The van der Waals surface area contributed by atoms with E-state index in [2.05, 4.69) is 5.32 Å². The van der Waals surface area contributed by atoms with Gasteiger partial charge in [0.1, 0.15) is 23.7 Å². The second kappa shape index (κ2) is 6.72. The lowest BCUT2D eigenvalue weighted by molar-refractivity contribution is -0.131. The molecule has 1 spiro atoms. The minimum atomic E-state index is -0.376. The second-order valence-electron chi connectivity index (χ2n) is 7.24. The highest BCUT2D eigenvalue weighted by Gasteiger charge is 2.49. The number of benzene rings is 2. The van der Waals surface area contributed by atoms with Gasteiger partial charge in [0.2, 0.25) is 5.91 Å². The predicted molar refractivity (Wildman–Crippen MR) is 97.3 cm³/mol. The lowest BCUT2D eigenvalue weighted by Gasteiger charge is -2.23. The van der Waals surface area contributed by atoms with E-state index < -0.39 is 0 Å². The molecule has 2 aliphatic heterocycles. The third kappa shape index (κ3) is 3.07. The van der Waals surface area contributed by atoms with Crippen LogP contribution in [0.15, 0.2) is 48.5 Å². The van der Waals surface area contributed by atoms with E-state index in [0.717, 1.165) is 31.4 Å². The molecule has 4 nitrogen and oxygen atoms in total. The Hall–Kier alpha value is -2.40. The van der Waals surface area contributed by atoms with Crippen molar-refractivity contribution in [3.63, 3.8) is 0 Å². The maximum Gasteiger partial charge on any atom is 0.242 e. The first-order valence-electron chi connectivity index (χ1n) is 9.07. The molecule has 2 unspecified atom stereocenters. The molecular formula is C21H23FN2O2. The molecule has 4 rings (SSSR count). The van der Waals surface area contributed by atoms with Crippen LogP contribution in [0, 0.1) is 5.82 Å². The molecule has 0 aromatic heterocycles. The van der Waals surface area contributed by atoms with Crippen molar-refractivity contribution in [2.45, 2.75) is 37.5 Å². The van der Waals surface area contributed by atoms with Crippen LogP contribution in [0.2, 0.25) is 0 Å². The summed E-state index contributed by atoms with van der Waals surface area (Å²) in [6.45, 7) is 1.03. The van der Waals surface area contributed by atoms with Crippen LogP contribution in [0.3, 0.4) is 0 Å². The Bertz CT molecular complexity index is 808. The number of carbonyl (C=O) groups excluding carboxylic acids is 1. The number of likely N-dealkylation sites (N-methyl/N-ethyl adjacent to an activating group) is 1. The van der Waals surface area contributed by atoms with Gasteiger partial charge in [0.05, 0.1) is 0 Å². The van der Waals surface area contributed by atoms with Crippen LogP contribution >= 0.6 is 0 Å². The van der Waals surface area contributed by atoms with Crippen LogP contribution in [0.4, 0.5) is 4.39 Å². The number of nitrogens with zero attached hydrogens (tertiary/aromatic N) is 1. The molecule has 2 saturated heterocycles. The average molecular weight is 354 g/mol. The summed E-state index contributed by atoms with van der Waals surface area (Å²) in [5.41, 5.74) is 1.32. The fourth-order valence-corrected chi connectivity index (χ4v) is 3.99. The van der Waals surface area contributed by atoms with Crippen LogP contribution in [0.25, 0.3) is 0 Å². The monoisotopic (exact) mass is 354 g/mol. The molecule has 5 heteroatoms. The van der Waals surface area contributed by atoms with Crippen molar-refractivity contribution in [2.24, 2.45) is 0 Å². The lowest BCUT2D eigenvalue weighted by Crippen LogP contribution is -2.47. The molecule has 2 fully saturated rings. The molecule has 2 aromatic rings. The van der Waals surface area contributed by atoms with Gasteiger partial charge in [-0.25, -0.2) is 4.39 Å². The van der Waals surface area contributed by atoms with E-state index in [-0.39, 0.29) is 29.9 Å². The van der Waals surface area contributed by atoms with E-state index in [4.69, 9.17) is 4.74 Å². The van der Waals surface area contributed by atoms with Gasteiger partial charge in [-0.2, -0.15) is 0 Å². The minimum Gasteiger partial charge on any atom is -0.489 e. The van der Waals surface area contributed by atoms with Gasteiger partial charge in [0, 0.05) is 25.2 Å². The van der Waals surface area contributed by atoms with Gasteiger partial charge in [0.25, 0.3) is 0 Å². The standard InChI is InChI=1S/C21H23FN2O2/c1-24-13-12-21(20(24)25)11-10-19(23-21)15-6-8-17(9-7-15)26-14-16-4-2-3-5-18(16)22/h2-9,19,23H,10-14H2,1H3. The third-order valence-corrected chi connectivity index (χ3v) is 5.58. The summed E-state index contributed by atoms with van der Waals surface area (Å²) in [4.78, 5) is 14.2. The Labute approximate surface area is 153 Å². The topological polar surface area (TPSA) is 41.6 Å². The van der Waals surface area contributed by atoms with Gasteiger partial charge in [-0.3, -0.25) is 10.1 Å². The van der Waals surface area contributed by atoms with Crippen LogP contribution in [0.1, 0.15) is 36.4 Å². The molecule has 0 bridgehead atoms. The molecule has 2 heterocycles. The van der Waals surface area contributed by atoms with Crippen molar-refractivity contribution in [1.29, 1.82) is 0 Å². The summed E-state index contributed by atoms with van der Waals surface area (Å²) in [6, 6.07) is 14.7. The third-order valence-electron chi connectivity index (χ3n) is 5.58. The van der Waals surface area contributed by atoms with Crippen molar-refractivity contribution in [1.82, 2.24) is 10.2 Å². The van der Waals surface area contributed by atoms with Gasteiger partial charge >= 0.3 is 0 Å². The summed E-state index contributed by atoms with van der Waals surface area (Å²) in [5, 5.41) is 3.57. The van der Waals surface area contributed by atoms with Gasteiger partial charge in [-0.1, -0.05) is 30.3 Å². The molecule has 136 valence electrons. The highest BCUT2D eigenvalue weighted by Crippen LogP contribution is 2.39. The quantitative estimate of drug-likeness (QED) is 0.915. The number of rotatable bonds is 4. The van der Waals surface area contributed by atoms with E-state index in [1.54, 1.807) is 18.2 Å². The highest BCUT2D eigenvalue weighted by atomic mass is 19.1. The van der Waals surface area contributed by atoms with E-state index in [9.17, 15) is 9.18 Å². The Morgan fingerprint density at radius 3 is 2.65 bits per heavy atom. The van der Waals surface area contributed by atoms with Gasteiger partial charge < -0.3 is 9.64 Å². The van der Waals surface area contributed by atoms with E-state index >= 15 is 0 Å². The van der Waals surface area contributed by atoms with E-state index in [0.29, 0.717) is 11.3 Å². The zero-order chi connectivity index (χ0) is 18.1. The number of nitrogens with one attached hydrogen (secondary N) is 1. The molecule has 1 amide bonds. The summed E-state index contributed by atoms with van der Waals surface area (Å²) >= 11 is 0. The number of halogens is 1. The number of ether oxygens (including phenoxy) is 1. The molecule has 0 radical (unpaired) electrons. The molecule has 0 aliphatic carbocycles. The minimum absolute atomic E-state index is 0.186. The normalized spacial score (nSPS) is 25.2. The fraction of sp³-hybridized carbons (Fsp3) is 0.381. The maximum atomic E-state index is 13.6. The van der Waals surface area contributed by atoms with Crippen molar-refractivity contribution in [3.8, 4) is 5.75 Å². The molecular weight excluding hydrogens is 331 g/mol. The summed E-state index contributed by atoms with van der Waals surface area (Å²) in [5.74, 6) is 0.669. The SMILES string of the molecule is CN1CCC2(CCC(c3ccc(OCc4ccccc4F)cc3)N2)C1=O. The first-order valence-corrected chi connectivity index (χ1v) is 9.07. The number of likely N-dealkylation sites (tertiary alicyclic amines) is 1. The van der Waals surface area contributed by atoms with Crippen molar-refractivity contribution < 1.29 is 13.9 Å². The number of carbonyl (C=O) groups is 1. The van der Waals surface area contributed by atoms with Crippen molar-refractivity contribution >= 4 is 5.91 Å². The Morgan fingerprint density at radius 1 is 1.19 bits per heavy atom. The smallest absolute Gasteiger partial charge is 0.242 e. The summed E-state index contributed by atoms with van der Waals surface area (Å²) in [7, 11) is 1.87. The van der Waals surface area contributed by atoms with Crippen LogP contribution in [-0.4, -0.2) is 29.9 Å². The lowest BCUT2D eigenvalue weighted by atomic mass is 9.96. The molecule has 2 aliphatic rings. The largest absolute Gasteiger partial charge is 0.489 e. The fourth-order valence-electron chi connectivity index (χ4n) is 3.99. The van der Waals surface area contributed by atoms with Crippen molar-refractivity contribution in [3.05, 3.63) is 65.5 Å². The Morgan fingerprint density at radius 2 is 1.96 bits per heavy atom. The zero-order valence-corrected chi connectivity index (χ0v) is 14.9. The van der Waals surface area contributed by atoms with Gasteiger partial charge in [0.15, 0.2) is 0 Å². The second-order valence-corrected chi connectivity index (χ2v) is 7.24. The van der Waals surface area contributed by atoms with E-state index in [1.807, 2.05) is 36.2 Å². The Kier molecular flexibility index (Phi) is 4.41. The number of amides is 1. The van der Waals surface area contributed by atoms with Crippen molar-refractivity contribution in [2.75, 3.05) is 13.6 Å². The molecule has 2 atom stereocenters. The van der Waals surface area contributed by atoms with Crippen LogP contribution in [0.5, 0.6) is 5.75 Å². The average Bonchev–Trinajstić information content (AvgIpc) is 3.22. The van der Waals surface area contributed by atoms with Crippen LogP contribution < -0.4 is 10.1 Å². The molecule has 0 saturated carbocycles. The predicted octanol–water partition coefficient (Wildman–Crippen LogP) is 3.43. The van der Waals surface area contributed by atoms with E-state index in [1.165, 1.54) is 6.07 Å². The zero-order valence-electron chi connectivity index (χ0n) is 14.9. The van der Waals surface area contributed by atoms with Gasteiger partial charge in [-0.05, 0) is 43.0 Å². The summed E-state index contributed by atoms with van der Waals surface area (Å²) < 4.78 is 19.3. The highest BCUT2D eigenvalue weighted by molar-refractivity contribution is 5.88. The number of hydrogen-bond donors (Lipinski definition) is 1. The maximum absolute atomic E-state index is 13.6. The molecule has 26 heavy (non-hydrogen) atoms. The van der Waals surface area contributed by atoms with Gasteiger partial charge in [-0.15, -0.1) is 0 Å². The molecule has 1 N–H and O–H groups in total. The Balaban J connectivity index is 1.39. The first-order chi connectivity index (χ1) is 12.6. The molecule has 2 aromatic carbocycles.